The van der Waals surface area contributed by atoms with Crippen LogP contribution >= 0.6 is 11.6 Å². The summed E-state index contributed by atoms with van der Waals surface area (Å²) in [5, 5.41) is 0. The van der Waals surface area contributed by atoms with Crippen LogP contribution in [0.3, 0.4) is 0 Å². The summed E-state index contributed by atoms with van der Waals surface area (Å²) in [7, 11) is 1.74. The highest BCUT2D eigenvalue weighted by molar-refractivity contribution is 6.17. The molecule has 0 N–H and O–H groups in total. The van der Waals surface area contributed by atoms with Crippen molar-refractivity contribution in [2.45, 2.75) is 33.2 Å². The van der Waals surface area contributed by atoms with Gasteiger partial charge in [0.15, 0.2) is 0 Å². The third-order valence-corrected chi connectivity index (χ3v) is 3.71. The largest absolute Gasteiger partial charge is 0.385 e. The number of imidazole rings is 1. The summed E-state index contributed by atoms with van der Waals surface area (Å²) in [4.78, 5) is 8.80. The third kappa shape index (κ3) is 3.49. The minimum Gasteiger partial charge on any atom is -0.385 e. The van der Waals surface area contributed by atoms with Gasteiger partial charge in [-0.25, -0.2) is 4.98 Å². The summed E-state index contributed by atoms with van der Waals surface area (Å²) in [5.74, 6) is 1.61. The molecule has 0 aliphatic carbocycles. The molecular weight excluding hydrogens is 274 g/mol. The van der Waals surface area contributed by atoms with Gasteiger partial charge in [-0.05, 0) is 17.9 Å². The molecule has 0 amide bonds. The summed E-state index contributed by atoms with van der Waals surface area (Å²) in [6.07, 6.45) is 5.41. The molecule has 0 fully saturated rings. The number of aryl methyl sites for hydroxylation is 1. The fourth-order valence-electron chi connectivity index (χ4n) is 2.37. The number of alkyl halides is 1. The summed E-state index contributed by atoms with van der Waals surface area (Å²) in [6, 6.07) is 2.02. The molecule has 0 atom stereocenters. The Bertz CT molecular complexity index is 565. The van der Waals surface area contributed by atoms with Crippen LogP contribution in [0.1, 0.15) is 26.1 Å². The molecule has 4 nitrogen and oxygen atoms in total. The lowest BCUT2D eigenvalue weighted by Crippen LogP contribution is -2.23. The number of hydrogen-bond acceptors (Lipinski definition) is 3. The summed E-state index contributed by atoms with van der Waals surface area (Å²) in [6.45, 7) is 6.18. The van der Waals surface area contributed by atoms with E-state index >= 15 is 0 Å². The maximum atomic E-state index is 5.90. The van der Waals surface area contributed by atoms with E-state index in [1.165, 1.54) is 0 Å². The molecule has 2 rings (SSSR count). The number of rotatable bonds is 7. The van der Waals surface area contributed by atoms with Gasteiger partial charge in [0.05, 0.1) is 11.7 Å². The molecule has 0 aliphatic heterocycles. The maximum absolute atomic E-state index is 5.90. The fraction of sp³-hybridized carbons (Fsp3) is 0.600. The smallest absolute Gasteiger partial charge is 0.111 e. The molecule has 2 heterocycles. The minimum absolute atomic E-state index is 0.147. The SMILES string of the molecule is COCCC(C)(C)Cn1c(CCCl)nc2cnccc21. The van der Waals surface area contributed by atoms with E-state index < -0.39 is 0 Å². The van der Waals surface area contributed by atoms with Gasteiger partial charge in [0.1, 0.15) is 11.3 Å². The number of fused-ring (bicyclic) bond motifs is 1. The van der Waals surface area contributed by atoms with E-state index in [1.807, 2.05) is 18.5 Å². The van der Waals surface area contributed by atoms with E-state index in [4.69, 9.17) is 16.3 Å². The summed E-state index contributed by atoms with van der Waals surface area (Å²) >= 11 is 5.90. The molecule has 0 aromatic carbocycles. The van der Waals surface area contributed by atoms with Crippen molar-refractivity contribution < 1.29 is 4.74 Å². The maximum Gasteiger partial charge on any atom is 0.111 e. The van der Waals surface area contributed by atoms with Crippen LogP contribution in [0, 0.1) is 5.41 Å². The Hall–Kier alpha value is -1.13. The fourth-order valence-corrected chi connectivity index (χ4v) is 2.54. The van der Waals surface area contributed by atoms with Gasteiger partial charge in [0.2, 0.25) is 0 Å². The van der Waals surface area contributed by atoms with Crippen molar-refractivity contribution in [3.8, 4) is 0 Å². The van der Waals surface area contributed by atoms with Crippen molar-refractivity contribution in [1.29, 1.82) is 0 Å². The van der Waals surface area contributed by atoms with E-state index in [-0.39, 0.29) is 5.41 Å². The van der Waals surface area contributed by atoms with Crippen LogP contribution in [0.4, 0.5) is 0 Å². The predicted molar refractivity (Wildman–Crippen MR) is 82.2 cm³/mol. The number of nitrogens with zero attached hydrogens (tertiary/aromatic N) is 3. The van der Waals surface area contributed by atoms with Crippen molar-refractivity contribution in [2.75, 3.05) is 19.6 Å². The predicted octanol–water partition coefficient (Wildman–Crippen LogP) is 3.28. The zero-order valence-electron chi connectivity index (χ0n) is 12.4. The van der Waals surface area contributed by atoms with E-state index in [1.54, 1.807) is 7.11 Å². The van der Waals surface area contributed by atoms with Crippen LogP contribution in [-0.2, 0) is 17.7 Å². The molecule has 0 spiro atoms. The Morgan fingerprint density at radius 1 is 1.40 bits per heavy atom. The van der Waals surface area contributed by atoms with Gasteiger partial charge in [0.25, 0.3) is 0 Å². The van der Waals surface area contributed by atoms with E-state index in [0.717, 1.165) is 42.9 Å². The minimum atomic E-state index is 0.147. The number of methoxy groups -OCH3 is 1. The van der Waals surface area contributed by atoms with E-state index in [9.17, 15) is 0 Å². The average molecular weight is 296 g/mol. The zero-order valence-corrected chi connectivity index (χ0v) is 13.2. The van der Waals surface area contributed by atoms with Crippen LogP contribution in [0.15, 0.2) is 18.5 Å². The molecule has 110 valence electrons. The molecule has 0 unspecified atom stereocenters. The highest BCUT2D eigenvalue weighted by Crippen LogP contribution is 2.27. The molecule has 0 saturated heterocycles. The Labute approximate surface area is 125 Å². The molecule has 0 radical (unpaired) electrons. The van der Waals surface area contributed by atoms with Gasteiger partial charge < -0.3 is 9.30 Å². The number of hydrogen-bond donors (Lipinski definition) is 0. The molecule has 0 aliphatic rings. The highest BCUT2D eigenvalue weighted by Gasteiger charge is 2.21. The van der Waals surface area contributed by atoms with Crippen LogP contribution in [0.25, 0.3) is 11.0 Å². The molecule has 0 bridgehead atoms. The molecule has 20 heavy (non-hydrogen) atoms. The van der Waals surface area contributed by atoms with Gasteiger partial charge in [0, 0.05) is 38.8 Å². The highest BCUT2D eigenvalue weighted by atomic mass is 35.5. The summed E-state index contributed by atoms with van der Waals surface area (Å²) in [5.41, 5.74) is 2.22. The molecule has 2 aromatic rings. The Kier molecular flexibility index (Phi) is 5.00. The van der Waals surface area contributed by atoms with Crippen molar-refractivity contribution >= 4 is 22.6 Å². The second kappa shape index (κ2) is 6.55. The zero-order chi connectivity index (χ0) is 14.6. The topological polar surface area (TPSA) is 39.9 Å². The van der Waals surface area contributed by atoms with Gasteiger partial charge >= 0.3 is 0 Å². The van der Waals surface area contributed by atoms with Gasteiger partial charge in [-0.15, -0.1) is 11.6 Å². The number of halogens is 1. The standard InChI is InChI=1S/C15H22ClN3O/c1-15(2,6-9-20-3)11-19-13-5-8-17-10-12(13)18-14(19)4-7-16/h5,8,10H,4,6-7,9,11H2,1-3H3. The number of pyridine rings is 1. The monoisotopic (exact) mass is 295 g/mol. The molecular formula is C15H22ClN3O. The van der Waals surface area contributed by atoms with Gasteiger partial charge in [-0.2, -0.15) is 0 Å². The Morgan fingerprint density at radius 2 is 2.20 bits per heavy atom. The van der Waals surface area contributed by atoms with Crippen molar-refractivity contribution in [3.63, 3.8) is 0 Å². The lowest BCUT2D eigenvalue weighted by atomic mass is 9.89. The molecule has 2 aromatic heterocycles. The van der Waals surface area contributed by atoms with Crippen molar-refractivity contribution in [2.24, 2.45) is 5.41 Å². The first kappa shape index (κ1) is 15.3. The molecule has 5 heteroatoms. The number of ether oxygens (including phenoxy) is 1. The van der Waals surface area contributed by atoms with E-state index in [2.05, 4.69) is 28.4 Å². The van der Waals surface area contributed by atoms with Crippen LogP contribution in [0.2, 0.25) is 0 Å². The molecule has 0 saturated carbocycles. The lowest BCUT2D eigenvalue weighted by Gasteiger charge is -2.26. The Morgan fingerprint density at radius 3 is 2.90 bits per heavy atom. The van der Waals surface area contributed by atoms with Crippen LogP contribution < -0.4 is 0 Å². The first-order valence-corrected chi connectivity index (χ1v) is 7.45. The van der Waals surface area contributed by atoms with E-state index in [0.29, 0.717) is 5.88 Å². The first-order chi connectivity index (χ1) is 9.57. The van der Waals surface area contributed by atoms with Crippen LogP contribution in [-0.4, -0.2) is 34.1 Å². The third-order valence-electron chi connectivity index (χ3n) is 3.52. The van der Waals surface area contributed by atoms with Gasteiger partial charge in [-0.3, -0.25) is 4.98 Å². The number of aromatic nitrogens is 3. The average Bonchev–Trinajstić information content (AvgIpc) is 2.75. The second-order valence-electron chi connectivity index (χ2n) is 5.82. The second-order valence-corrected chi connectivity index (χ2v) is 6.20. The summed E-state index contributed by atoms with van der Waals surface area (Å²) < 4.78 is 7.48. The quantitative estimate of drug-likeness (QED) is 0.736. The first-order valence-electron chi connectivity index (χ1n) is 6.91. The van der Waals surface area contributed by atoms with Crippen LogP contribution in [0.5, 0.6) is 0 Å². The normalized spacial score (nSPS) is 12.2. The lowest BCUT2D eigenvalue weighted by molar-refractivity contribution is 0.142. The van der Waals surface area contributed by atoms with Crippen molar-refractivity contribution in [1.82, 2.24) is 14.5 Å². The Balaban J connectivity index is 2.33. The van der Waals surface area contributed by atoms with Gasteiger partial charge in [-0.1, -0.05) is 13.8 Å². The van der Waals surface area contributed by atoms with Crippen molar-refractivity contribution in [3.05, 3.63) is 24.3 Å².